The molecule has 106 valence electrons. The van der Waals surface area contributed by atoms with E-state index in [0.717, 1.165) is 17.1 Å². The molecule has 0 spiro atoms. The molecule has 1 rings (SSSR count). The number of hydrogen-bond donors (Lipinski definition) is 1. The Kier molecular flexibility index (Phi) is 5.12. The number of carboxylic acids is 1. The summed E-state index contributed by atoms with van der Waals surface area (Å²) in [5.74, 6) is -1.20. The van der Waals surface area contributed by atoms with Gasteiger partial charge < -0.3 is 5.11 Å². The van der Waals surface area contributed by atoms with Gasteiger partial charge in [-0.25, -0.2) is 0 Å². The van der Waals surface area contributed by atoms with Crippen LogP contribution in [0.1, 0.15) is 33.1 Å². The van der Waals surface area contributed by atoms with Gasteiger partial charge in [0.2, 0.25) is 0 Å². The fourth-order valence-electron chi connectivity index (χ4n) is 2.21. The van der Waals surface area contributed by atoms with E-state index in [1.165, 1.54) is 11.4 Å². The molecule has 0 radical (unpaired) electrons. The molecule has 0 amide bonds. The molecule has 1 aliphatic heterocycles. The zero-order valence-corrected chi connectivity index (χ0v) is 12.0. The van der Waals surface area contributed by atoms with E-state index < -0.39 is 22.2 Å². The molecular weight excluding hydrogens is 256 g/mol. The first-order valence-corrected chi connectivity index (χ1v) is 7.68. The third-order valence-electron chi connectivity index (χ3n) is 3.42. The van der Waals surface area contributed by atoms with E-state index >= 15 is 0 Å². The van der Waals surface area contributed by atoms with Gasteiger partial charge in [-0.05, 0) is 18.8 Å². The second-order valence-electron chi connectivity index (χ2n) is 4.84. The molecule has 0 aliphatic carbocycles. The Hall–Kier alpha value is -0.660. The molecule has 6 nitrogen and oxygen atoms in total. The Morgan fingerprint density at radius 3 is 2.61 bits per heavy atom. The quantitative estimate of drug-likeness (QED) is 0.778. The lowest BCUT2D eigenvalue weighted by Gasteiger charge is -2.27. The van der Waals surface area contributed by atoms with E-state index in [-0.39, 0.29) is 12.5 Å². The molecule has 1 aliphatic rings. The highest BCUT2D eigenvalue weighted by atomic mass is 32.2. The normalized spacial score (nSPS) is 25.8. The molecule has 0 bridgehead atoms. The number of carbonyl (C=O) groups is 1. The summed E-state index contributed by atoms with van der Waals surface area (Å²) in [5, 5.41) is 9.15. The van der Waals surface area contributed by atoms with E-state index in [1.54, 1.807) is 6.92 Å². The van der Waals surface area contributed by atoms with Crippen molar-refractivity contribution in [3.63, 3.8) is 0 Å². The van der Waals surface area contributed by atoms with Gasteiger partial charge in [0.05, 0.1) is 0 Å². The number of hydrogen-bond acceptors (Lipinski definition) is 3. The van der Waals surface area contributed by atoms with Crippen LogP contribution in [0.3, 0.4) is 0 Å². The number of rotatable bonds is 6. The molecule has 0 saturated carbocycles. The number of carboxylic acid groups (broad SMARTS) is 1. The molecule has 2 unspecified atom stereocenters. The van der Waals surface area contributed by atoms with Gasteiger partial charge in [0, 0.05) is 20.1 Å². The fraction of sp³-hybridized carbons (Fsp3) is 0.909. The molecule has 1 saturated heterocycles. The Labute approximate surface area is 109 Å². The Bertz CT molecular complexity index is 396. The van der Waals surface area contributed by atoms with Gasteiger partial charge >= 0.3 is 5.97 Å². The molecule has 18 heavy (non-hydrogen) atoms. The van der Waals surface area contributed by atoms with Gasteiger partial charge in [0.1, 0.15) is 6.04 Å². The summed E-state index contributed by atoms with van der Waals surface area (Å²) in [6.45, 7) is 4.48. The van der Waals surface area contributed by atoms with Gasteiger partial charge in [-0.15, -0.1) is 0 Å². The third kappa shape index (κ3) is 3.02. The first kappa shape index (κ1) is 15.4. The van der Waals surface area contributed by atoms with Crippen LogP contribution in [0.4, 0.5) is 0 Å². The fourth-order valence-corrected chi connectivity index (χ4v) is 3.85. The number of unbranched alkanes of at least 4 members (excludes halogenated alkanes) is 1. The predicted octanol–water partition coefficient (Wildman–Crippen LogP) is 0.758. The standard InChI is InChI=1S/C11H22N2O4S/c1-4-5-7-12(3)18(16,17)13-8-6-9(2)10(13)11(14)15/h9-10H,4-8H2,1-3H3,(H,14,15). The van der Waals surface area contributed by atoms with Crippen LogP contribution < -0.4 is 0 Å². The molecular formula is C11H22N2O4S. The second kappa shape index (κ2) is 5.99. The lowest BCUT2D eigenvalue weighted by Crippen LogP contribution is -2.48. The van der Waals surface area contributed by atoms with Gasteiger partial charge in [-0.1, -0.05) is 20.3 Å². The minimum atomic E-state index is -3.65. The third-order valence-corrected chi connectivity index (χ3v) is 5.40. The average Bonchev–Trinajstić information content (AvgIpc) is 2.68. The number of aliphatic carboxylic acids is 1. The van der Waals surface area contributed by atoms with Crippen molar-refractivity contribution in [1.82, 2.24) is 8.61 Å². The van der Waals surface area contributed by atoms with Crippen LogP contribution in [-0.4, -0.2) is 54.3 Å². The smallest absolute Gasteiger partial charge is 0.322 e. The van der Waals surface area contributed by atoms with Crippen molar-refractivity contribution >= 4 is 16.2 Å². The Morgan fingerprint density at radius 1 is 1.50 bits per heavy atom. The van der Waals surface area contributed by atoms with E-state index in [9.17, 15) is 13.2 Å². The molecule has 1 heterocycles. The Balaban J connectivity index is 2.87. The average molecular weight is 278 g/mol. The van der Waals surface area contributed by atoms with Crippen molar-refractivity contribution in [1.29, 1.82) is 0 Å². The maximum absolute atomic E-state index is 12.3. The number of nitrogens with zero attached hydrogens (tertiary/aromatic N) is 2. The van der Waals surface area contributed by atoms with Crippen LogP contribution in [0.2, 0.25) is 0 Å². The molecule has 1 N–H and O–H groups in total. The summed E-state index contributed by atoms with van der Waals surface area (Å²) in [6, 6.07) is -0.931. The first-order chi connectivity index (χ1) is 8.32. The summed E-state index contributed by atoms with van der Waals surface area (Å²) in [7, 11) is -2.15. The van der Waals surface area contributed by atoms with E-state index in [4.69, 9.17) is 5.11 Å². The summed E-state index contributed by atoms with van der Waals surface area (Å²) in [4.78, 5) is 11.2. The zero-order chi connectivity index (χ0) is 13.9. The molecule has 0 aromatic heterocycles. The monoisotopic (exact) mass is 278 g/mol. The SMILES string of the molecule is CCCCN(C)S(=O)(=O)N1CCC(C)C1C(=O)O. The van der Waals surface area contributed by atoms with Crippen LogP contribution in [0.25, 0.3) is 0 Å². The highest BCUT2D eigenvalue weighted by Gasteiger charge is 2.44. The van der Waals surface area contributed by atoms with Crippen molar-refractivity contribution < 1.29 is 18.3 Å². The van der Waals surface area contributed by atoms with Gasteiger partial charge in [-0.2, -0.15) is 17.0 Å². The maximum atomic E-state index is 12.3. The molecule has 2 atom stereocenters. The molecule has 1 fully saturated rings. The topological polar surface area (TPSA) is 77.9 Å². The highest BCUT2D eigenvalue weighted by molar-refractivity contribution is 7.86. The van der Waals surface area contributed by atoms with Crippen LogP contribution in [0, 0.1) is 5.92 Å². The lowest BCUT2D eigenvalue weighted by atomic mass is 10.0. The predicted molar refractivity (Wildman–Crippen MR) is 68.4 cm³/mol. The van der Waals surface area contributed by atoms with Crippen LogP contribution in [0.5, 0.6) is 0 Å². The van der Waals surface area contributed by atoms with Crippen molar-refractivity contribution in [3.05, 3.63) is 0 Å². The van der Waals surface area contributed by atoms with E-state index in [2.05, 4.69) is 0 Å². The van der Waals surface area contributed by atoms with Gasteiger partial charge in [0.15, 0.2) is 0 Å². The highest BCUT2D eigenvalue weighted by Crippen LogP contribution is 2.28. The Morgan fingerprint density at radius 2 is 2.11 bits per heavy atom. The minimum absolute atomic E-state index is 0.142. The van der Waals surface area contributed by atoms with Crippen LogP contribution in [-0.2, 0) is 15.0 Å². The van der Waals surface area contributed by atoms with Crippen molar-refractivity contribution in [2.45, 2.75) is 39.2 Å². The maximum Gasteiger partial charge on any atom is 0.322 e. The molecule has 7 heteroatoms. The van der Waals surface area contributed by atoms with E-state index in [0.29, 0.717) is 13.0 Å². The molecule has 0 aromatic rings. The molecule has 0 aromatic carbocycles. The second-order valence-corrected chi connectivity index (χ2v) is 6.83. The van der Waals surface area contributed by atoms with E-state index in [1.807, 2.05) is 6.92 Å². The zero-order valence-electron chi connectivity index (χ0n) is 11.2. The van der Waals surface area contributed by atoms with Gasteiger partial charge in [-0.3, -0.25) is 4.79 Å². The minimum Gasteiger partial charge on any atom is -0.480 e. The van der Waals surface area contributed by atoms with Crippen molar-refractivity contribution in [3.8, 4) is 0 Å². The van der Waals surface area contributed by atoms with Crippen molar-refractivity contribution in [2.24, 2.45) is 5.92 Å². The summed E-state index contributed by atoms with van der Waals surface area (Å²) < 4.78 is 27.0. The van der Waals surface area contributed by atoms with Crippen LogP contribution >= 0.6 is 0 Å². The first-order valence-electron chi connectivity index (χ1n) is 6.28. The van der Waals surface area contributed by atoms with Gasteiger partial charge in [0.25, 0.3) is 10.2 Å². The lowest BCUT2D eigenvalue weighted by molar-refractivity contribution is -0.141. The summed E-state index contributed by atoms with van der Waals surface area (Å²) >= 11 is 0. The summed E-state index contributed by atoms with van der Waals surface area (Å²) in [5.41, 5.74) is 0. The van der Waals surface area contributed by atoms with Crippen molar-refractivity contribution in [2.75, 3.05) is 20.1 Å². The largest absolute Gasteiger partial charge is 0.480 e. The van der Waals surface area contributed by atoms with Crippen LogP contribution in [0.15, 0.2) is 0 Å². The summed E-state index contributed by atoms with van der Waals surface area (Å²) in [6.07, 6.45) is 2.27.